The smallest absolute Gasteiger partial charge is 0.259 e. The molecular weight excluding hydrogens is 288 g/mol. The van der Waals surface area contributed by atoms with Crippen molar-refractivity contribution in [2.45, 2.75) is 25.9 Å². The summed E-state index contributed by atoms with van der Waals surface area (Å²) in [5.41, 5.74) is 0.862. The highest BCUT2D eigenvalue weighted by molar-refractivity contribution is 6.33. The van der Waals surface area contributed by atoms with Gasteiger partial charge in [0.2, 0.25) is 0 Å². The molecule has 2 aromatic rings. The Morgan fingerprint density at radius 1 is 1.38 bits per heavy atom. The lowest BCUT2D eigenvalue weighted by molar-refractivity contribution is 0.0791. The van der Waals surface area contributed by atoms with E-state index >= 15 is 0 Å². The highest BCUT2D eigenvalue weighted by Crippen LogP contribution is 2.26. The van der Waals surface area contributed by atoms with E-state index in [-0.39, 0.29) is 5.54 Å². The maximum absolute atomic E-state index is 6.16. The molecule has 21 heavy (non-hydrogen) atoms. The first kappa shape index (κ1) is 14.5. The molecule has 1 aliphatic rings. The molecule has 3 rings (SSSR count). The highest BCUT2D eigenvalue weighted by atomic mass is 35.5. The molecule has 1 aromatic heterocycles. The van der Waals surface area contributed by atoms with Gasteiger partial charge in [-0.3, -0.25) is 4.90 Å². The van der Waals surface area contributed by atoms with Crippen molar-refractivity contribution < 1.29 is 4.52 Å². The van der Waals surface area contributed by atoms with Gasteiger partial charge in [0.1, 0.15) is 0 Å². The van der Waals surface area contributed by atoms with Gasteiger partial charge in [-0.05, 0) is 26.0 Å². The number of hydrogen-bond acceptors (Lipinski definition) is 5. The minimum absolute atomic E-state index is 0.0867. The molecule has 0 radical (unpaired) electrons. The lowest BCUT2D eigenvalue weighted by atomic mass is 10.0. The van der Waals surface area contributed by atoms with E-state index < -0.39 is 0 Å². The van der Waals surface area contributed by atoms with Gasteiger partial charge in [-0.2, -0.15) is 4.98 Å². The van der Waals surface area contributed by atoms with E-state index in [1.165, 1.54) is 0 Å². The van der Waals surface area contributed by atoms with Crippen LogP contribution >= 0.6 is 11.6 Å². The molecule has 5 nitrogen and oxygen atoms in total. The summed E-state index contributed by atoms with van der Waals surface area (Å²) in [5.74, 6) is 1.17. The minimum atomic E-state index is 0.0867. The lowest BCUT2D eigenvalue weighted by Gasteiger charge is -2.42. The second-order valence-electron chi connectivity index (χ2n) is 5.91. The third-order valence-electron chi connectivity index (χ3n) is 3.88. The second kappa shape index (κ2) is 5.75. The van der Waals surface area contributed by atoms with Crippen molar-refractivity contribution in [3.63, 3.8) is 0 Å². The van der Waals surface area contributed by atoms with Crippen molar-refractivity contribution >= 4 is 11.6 Å². The number of piperazine rings is 1. The van der Waals surface area contributed by atoms with E-state index in [0.717, 1.165) is 25.2 Å². The second-order valence-corrected chi connectivity index (χ2v) is 6.31. The number of nitrogens with one attached hydrogen (secondary N) is 1. The Kier molecular flexibility index (Phi) is 3.97. The summed E-state index contributed by atoms with van der Waals surface area (Å²) >= 11 is 6.16. The van der Waals surface area contributed by atoms with Crippen LogP contribution in [-0.4, -0.2) is 40.2 Å². The zero-order chi connectivity index (χ0) is 14.9. The average Bonchev–Trinajstić information content (AvgIpc) is 2.90. The third-order valence-corrected chi connectivity index (χ3v) is 4.21. The van der Waals surface area contributed by atoms with E-state index in [0.29, 0.717) is 23.3 Å². The van der Waals surface area contributed by atoms with Crippen LogP contribution in [0, 0.1) is 0 Å². The van der Waals surface area contributed by atoms with Gasteiger partial charge < -0.3 is 9.84 Å². The van der Waals surface area contributed by atoms with E-state index in [1.54, 1.807) is 0 Å². The predicted octanol–water partition coefficient (Wildman–Crippen LogP) is 2.57. The van der Waals surface area contributed by atoms with Gasteiger partial charge >= 0.3 is 0 Å². The van der Waals surface area contributed by atoms with E-state index in [9.17, 15) is 0 Å². The molecule has 0 amide bonds. The van der Waals surface area contributed by atoms with Crippen LogP contribution in [0.4, 0.5) is 0 Å². The van der Waals surface area contributed by atoms with E-state index in [1.807, 2.05) is 24.3 Å². The Bertz CT molecular complexity index is 626. The maximum atomic E-state index is 6.16. The maximum Gasteiger partial charge on any atom is 0.259 e. The van der Waals surface area contributed by atoms with Crippen molar-refractivity contribution in [2.24, 2.45) is 0 Å². The first-order chi connectivity index (χ1) is 10.1. The Labute approximate surface area is 129 Å². The number of halogens is 1. The molecule has 0 unspecified atom stereocenters. The van der Waals surface area contributed by atoms with Crippen LogP contribution in [0.3, 0.4) is 0 Å². The monoisotopic (exact) mass is 306 g/mol. The number of nitrogens with zero attached hydrogens (tertiary/aromatic N) is 3. The quantitative estimate of drug-likeness (QED) is 0.944. The van der Waals surface area contributed by atoms with Crippen LogP contribution in [0.15, 0.2) is 28.8 Å². The standard InChI is InChI=1S/C15H19ClN4O/c1-15(2)10-17-7-8-20(15)9-13-18-14(21-19-13)11-5-3-4-6-12(11)16/h3-6,17H,7-10H2,1-2H3. The van der Waals surface area contributed by atoms with Gasteiger partial charge in [-0.25, -0.2) is 0 Å². The highest BCUT2D eigenvalue weighted by Gasteiger charge is 2.30. The van der Waals surface area contributed by atoms with Crippen molar-refractivity contribution in [1.29, 1.82) is 0 Å². The topological polar surface area (TPSA) is 54.2 Å². The van der Waals surface area contributed by atoms with Crippen LogP contribution in [0.5, 0.6) is 0 Å². The van der Waals surface area contributed by atoms with Crippen molar-refractivity contribution in [3.8, 4) is 11.5 Å². The van der Waals surface area contributed by atoms with Crippen LogP contribution < -0.4 is 5.32 Å². The molecule has 0 aliphatic carbocycles. The molecule has 0 spiro atoms. The first-order valence-electron chi connectivity index (χ1n) is 7.09. The molecule has 2 heterocycles. The number of rotatable bonds is 3. The van der Waals surface area contributed by atoms with Crippen LogP contribution in [-0.2, 0) is 6.54 Å². The Hall–Kier alpha value is -1.43. The molecular formula is C15H19ClN4O. The molecule has 0 saturated carbocycles. The van der Waals surface area contributed by atoms with Gasteiger partial charge in [-0.15, -0.1) is 0 Å². The number of hydrogen-bond donors (Lipinski definition) is 1. The molecule has 1 N–H and O–H groups in total. The van der Waals surface area contributed by atoms with Crippen molar-refractivity contribution in [3.05, 3.63) is 35.1 Å². The van der Waals surface area contributed by atoms with Crippen molar-refractivity contribution in [2.75, 3.05) is 19.6 Å². The van der Waals surface area contributed by atoms with Crippen molar-refractivity contribution in [1.82, 2.24) is 20.4 Å². The Balaban J connectivity index is 1.78. The molecule has 1 aliphatic heterocycles. The zero-order valence-corrected chi connectivity index (χ0v) is 13.0. The third kappa shape index (κ3) is 3.10. The lowest BCUT2D eigenvalue weighted by Crippen LogP contribution is -2.57. The fourth-order valence-electron chi connectivity index (χ4n) is 2.55. The molecule has 112 valence electrons. The molecule has 0 atom stereocenters. The van der Waals surface area contributed by atoms with Gasteiger partial charge in [0.15, 0.2) is 5.82 Å². The molecule has 0 bridgehead atoms. The zero-order valence-electron chi connectivity index (χ0n) is 12.3. The van der Waals surface area contributed by atoms with Gasteiger partial charge in [0.25, 0.3) is 5.89 Å². The average molecular weight is 307 g/mol. The molecule has 6 heteroatoms. The summed E-state index contributed by atoms with van der Waals surface area (Å²) in [6.45, 7) is 8.04. The van der Waals surface area contributed by atoms with E-state index in [2.05, 4.69) is 34.2 Å². The summed E-state index contributed by atoms with van der Waals surface area (Å²) < 4.78 is 5.35. The largest absolute Gasteiger partial charge is 0.334 e. The molecule has 1 saturated heterocycles. The summed E-state index contributed by atoms with van der Waals surface area (Å²) in [4.78, 5) is 6.84. The first-order valence-corrected chi connectivity index (χ1v) is 7.47. The van der Waals surface area contributed by atoms with Gasteiger partial charge in [0.05, 0.1) is 17.1 Å². The normalized spacial score (nSPS) is 18.8. The fraction of sp³-hybridized carbons (Fsp3) is 0.467. The SMILES string of the molecule is CC1(C)CNCCN1Cc1noc(-c2ccccc2Cl)n1. The summed E-state index contributed by atoms with van der Waals surface area (Å²) in [7, 11) is 0. The van der Waals surface area contributed by atoms with Gasteiger partial charge in [-0.1, -0.05) is 28.9 Å². The Morgan fingerprint density at radius 2 is 2.19 bits per heavy atom. The molecule has 1 aromatic carbocycles. The van der Waals surface area contributed by atoms with Gasteiger partial charge in [0, 0.05) is 25.2 Å². The number of aromatic nitrogens is 2. The van der Waals surface area contributed by atoms with Crippen LogP contribution in [0.1, 0.15) is 19.7 Å². The Morgan fingerprint density at radius 3 is 2.95 bits per heavy atom. The minimum Gasteiger partial charge on any atom is -0.334 e. The van der Waals surface area contributed by atoms with Crippen LogP contribution in [0.2, 0.25) is 5.02 Å². The van der Waals surface area contributed by atoms with Crippen LogP contribution in [0.25, 0.3) is 11.5 Å². The number of benzene rings is 1. The summed E-state index contributed by atoms with van der Waals surface area (Å²) in [6, 6.07) is 7.49. The summed E-state index contributed by atoms with van der Waals surface area (Å²) in [6.07, 6.45) is 0. The predicted molar refractivity (Wildman–Crippen MR) is 82.1 cm³/mol. The molecule has 1 fully saturated rings. The summed E-state index contributed by atoms with van der Waals surface area (Å²) in [5, 5.41) is 8.11. The fourth-order valence-corrected chi connectivity index (χ4v) is 2.77. The van der Waals surface area contributed by atoms with E-state index in [4.69, 9.17) is 16.1 Å².